The summed E-state index contributed by atoms with van der Waals surface area (Å²) in [5.74, 6) is 2.33. The Labute approximate surface area is 68.0 Å². The van der Waals surface area contributed by atoms with Crippen LogP contribution in [-0.2, 0) is 0 Å². The summed E-state index contributed by atoms with van der Waals surface area (Å²) >= 11 is 0. The number of hydrogen-bond donors (Lipinski definition) is 2. The molecule has 2 N–H and O–H groups in total. The van der Waals surface area contributed by atoms with Crippen LogP contribution in [0.1, 0.15) is 19.3 Å². The molecule has 1 unspecified atom stereocenters. The zero-order chi connectivity index (χ0) is 7.68. The van der Waals surface area contributed by atoms with Gasteiger partial charge >= 0.3 is 0 Å². The van der Waals surface area contributed by atoms with E-state index < -0.39 is 0 Å². The van der Waals surface area contributed by atoms with E-state index in [9.17, 15) is 0 Å². The second-order valence-electron chi connectivity index (χ2n) is 4.15. The summed E-state index contributed by atoms with van der Waals surface area (Å²) in [6.45, 7) is 2.78. The maximum atomic E-state index is 9.03. The second-order valence-corrected chi connectivity index (χ2v) is 4.15. The molecule has 0 radical (unpaired) electrons. The van der Waals surface area contributed by atoms with Gasteiger partial charge < -0.3 is 10.4 Å². The number of hydrogen-bond acceptors (Lipinski definition) is 2. The van der Waals surface area contributed by atoms with E-state index in [0.717, 1.165) is 11.8 Å². The fourth-order valence-corrected chi connectivity index (χ4v) is 2.68. The van der Waals surface area contributed by atoms with Crippen molar-refractivity contribution in [2.45, 2.75) is 19.3 Å². The molecule has 0 amide bonds. The summed E-state index contributed by atoms with van der Waals surface area (Å²) in [4.78, 5) is 0. The van der Waals surface area contributed by atoms with E-state index in [1.807, 2.05) is 0 Å². The van der Waals surface area contributed by atoms with Gasteiger partial charge in [-0.25, -0.2) is 0 Å². The summed E-state index contributed by atoms with van der Waals surface area (Å²) in [6.07, 6.45) is 3.91. The summed E-state index contributed by atoms with van der Waals surface area (Å²) in [5.41, 5.74) is 0. The molecule has 0 aromatic rings. The standard InChI is InChI=1S/C9H17NO/c11-6-9-2-7-1-8(3-9)5-10-4-7/h7-11H,1-6H2/t7-,8+,9?. The van der Waals surface area contributed by atoms with E-state index in [0.29, 0.717) is 12.5 Å². The zero-order valence-corrected chi connectivity index (χ0v) is 6.92. The third kappa shape index (κ3) is 1.57. The first-order chi connectivity index (χ1) is 5.38. The average molecular weight is 155 g/mol. The van der Waals surface area contributed by atoms with Crippen molar-refractivity contribution in [3.8, 4) is 0 Å². The van der Waals surface area contributed by atoms with Crippen LogP contribution in [0.15, 0.2) is 0 Å². The van der Waals surface area contributed by atoms with Crippen molar-refractivity contribution in [2.24, 2.45) is 17.8 Å². The van der Waals surface area contributed by atoms with Gasteiger partial charge in [0.15, 0.2) is 0 Å². The van der Waals surface area contributed by atoms with Gasteiger partial charge in [0.05, 0.1) is 0 Å². The highest BCUT2D eigenvalue weighted by Crippen LogP contribution is 2.34. The molecule has 1 saturated carbocycles. The lowest BCUT2D eigenvalue weighted by atomic mass is 9.73. The first-order valence-electron chi connectivity index (χ1n) is 4.70. The second kappa shape index (κ2) is 3.11. The molecule has 2 heteroatoms. The largest absolute Gasteiger partial charge is 0.396 e. The third-order valence-electron chi connectivity index (χ3n) is 3.12. The topological polar surface area (TPSA) is 32.3 Å². The van der Waals surface area contributed by atoms with Gasteiger partial charge in [-0.05, 0) is 50.1 Å². The van der Waals surface area contributed by atoms with Crippen LogP contribution in [0.2, 0.25) is 0 Å². The highest BCUT2D eigenvalue weighted by molar-refractivity contribution is 4.84. The molecule has 0 spiro atoms. The Morgan fingerprint density at radius 3 is 2.27 bits per heavy atom. The van der Waals surface area contributed by atoms with Crippen LogP contribution in [0.5, 0.6) is 0 Å². The fourth-order valence-electron chi connectivity index (χ4n) is 2.68. The maximum absolute atomic E-state index is 9.03. The lowest BCUT2D eigenvalue weighted by molar-refractivity contribution is 0.103. The average Bonchev–Trinajstić information content (AvgIpc) is 2.03. The molecule has 2 rings (SSSR count). The lowest BCUT2D eigenvalue weighted by Crippen LogP contribution is -2.42. The molecule has 2 bridgehead atoms. The summed E-state index contributed by atoms with van der Waals surface area (Å²) in [6, 6.07) is 0. The van der Waals surface area contributed by atoms with Gasteiger partial charge in [0, 0.05) is 6.61 Å². The van der Waals surface area contributed by atoms with Crippen LogP contribution in [0.4, 0.5) is 0 Å². The molecule has 1 saturated heterocycles. The van der Waals surface area contributed by atoms with Crippen molar-refractivity contribution in [3.63, 3.8) is 0 Å². The minimum Gasteiger partial charge on any atom is -0.396 e. The first kappa shape index (κ1) is 7.56. The number of rotatable bonds is 1. The van der Waals surface area contributed by atoms with Crippen molar-refractivity contribution in [2.75, 3.05) is 19.7 Å². The van der Waals surface area contributed by atoms with Crippen LogP contribution in [0.3, 0.4) is 0 Å². The minimum absolute atomic E-state index is 0.410. The molecule has 1 aliphatic heterocycles. The van der Waals surface area contributed by atoms with Gasteiger partial charge in [-0.1, -0.05) is 0 Å². The van der Waals surface area contributed by atoms with Crippen LogP contribution in [-0.4, -0.2) is 24.8 Å². The molecule has 2 nitrogen and oxygen atoms in total. The molecule has 0 aromatic carbocycles. The molecule has 0 aromatic heterocycles. The molecule has 64 valence electrons. The number of nitrogens with one attached hydrogen (secondary N) is 1. The monoisotopic (exact) mass is 155 g/mol. The predicted octanol–water partition coefficient (Wildman–Crippen LogP) is 0.614. The van der Waals surface area contributed by atoms with E-state index in [1.54, 1.807) is 0 Å². The summed E-state index contributed by atoms with van der Waals surface area (Å²) in [5, 5.41) is 12.5. The molecule has 2 fully saturated rings. The minimum atomic E-state index is 0.410. The van der Waals surface area contributed by atoms with Crippen molar-refractivity contribution in [1.82, 2.24) is 5.32 Å². The van der Waals surface area contributed by atoms with Crippen molar-refractivity contribution >= 4 is 0 Å². The zero-order valence-electron chi connectivity index (χ0n) is 6.92. The smallest absolute Gasteiger partial charge is 0.0459 e. The van der Waals surface area contributed by atoms with Crippen LogP contribution >= 0.6 is 0 Å². The molecule has 11 heavy (non-hydrogen) atoms. The van der Waals surface area contributed by atoms with Gasteiger partial charge in [-0.3, -0.25) is 0 Å². The Morgan fingerprint density at radius 1 is 1.09 bits per heavy atom. The predicted molar refractivity (Wildman–Crippen MR) is 44.3 cm³/mol. The number of aliphatic hydroxyl groups excluding tert-OH is 1. The van der Waals surface area contributed by atoms with E-state index in [4.69, 9.17) is 5.11 Å². The van der Waals surface area contributed by atoms with Crippen LogP contribution in [0.25, 0.3) is 0 Å². The van der Waals surface area contributed by atoms with Gasteiger partial charge in [0.1, 0.15) is 0 Å². The number of fused-ring (bicyclic) bond motifs is 2. The van der Waals surface area contributed by atoms with Gasteiger partial charge in [0.2, 0.25) is 0 Å². The van der Waals surface area contributed by atoms with Crippen LogP contribution in [0, 0.1) is 17.8 Å². The van der Waals surface area contributed by atoms with Gasteiger partial charge in [-0.2, -0.15) is 0 Å². The Balaban J connectivity index is 1.94. The van der Waals surface area contributed by atoms with Crippen molar-refractivity contribution in [1.29, 1.82) is 0 Å². The molecule has 2 aliphatic rings. The fraction of sp³-hybridized carbons (Fsp3) is 1.00. The maximum Gasteiger partial charge on any atom is 0.0459 e. The molecule has 1 aliphatic carbocycles. The Hall–Kier alpha value is -0.0800. The van der Waals surface area contributed by atoms with E-state index in [1.165, 1.54) is 32.4 Å². The normalized spacial score (nSPS) is 43.9. The Kier molecular flexibility index (Phi) is 2.14. The SMILES string of the molecule is OCC1C[C@H]2CNC[C@@H](C1)C2. The lowest BCUT2D eigenvalue weighted by Gasteiger charge is -2.38. The number of piperidine rings is 1. The van der Waals surface area contributed by atoms with Gasteiger partial charge in [0.25, 0.3) is 0 Å². The molecular formula is C9H17NO. The first-order valence-corrected chi connectivity index (χ1v) is 4.70. The van der Waals surface area contributed by atoms with Crippen molar-refractivity contribution in [3.05, 3.63) is 0 Å². The summed E-state index contributed by atoms with van der Waals surface area (Å²) in [7, 11) is 0. The Bertz CT molecular complexity index is 126. The van der Waals surface area contributed by atoms with Crippen molar-refractivity contribution < 1.29 is 5.11 Å². The third-order valence-corrected chi connectivity index (χ3v) is 3.12. The highest BCUT2D eigenvalue weighted by Gasteiger charge is 2.30. The molecular weight excluding hydrogens is 138 g/mol. The van der Waals surface area contributed by atoms with E-state index in [-0.39, 0.29) is 0 Å². The van der Waals surface area contributed by atoms with E-state index in [2.05, 4.69) is 5.32 Å². The molecule has 3 atom stereocenters. The quantitative estimate of drug-likeness (QED) is 0.581. The van der Waals surface area contributed by atoms with Gasteiger partial charge in [-0.15, -0.1) is 0 Å². The number of aliphatic hydroxyl groups is 1. The Morgan fingerprint density at radius 2 is 1.73 bits per heavy atom. The highest BCUT2D eigenvalue weighted by atomic mass is 16.3. The van der Waals surface area contributed by atoms with E-state index >= 15 is 0 Å². The molecule has 1 heterocycles. The van der Waals surface area contributed by atoms with Crippen LogP contribution < -0.4 is 5.32 Å². The summed E-state index contributed by atoms with van der Waals surface area (Å²) < 4.78 is 0.